The third-order valence-corrected chi connectivity index (χ3v) is 4.65. The molecule has 2 heterocycles. The zero-order valence-corrected chi connectivity index (χ0v) is 14.2. The first-order chi connectivity index (χ1) is 10.2. The summed E-state index contributed by atoms with van der Waals surface area (Å²) in [6.45, 7) is 9.85. The van der Waals surface area contributed by atoms with Gasteiger partial charge in [-0.1, -0.05) is 19.8 Å². The molecule has 0 saturated carbocycles. The second kappa shape index (κ2) is 7.79. The molecule has 1 aliphatic rings. The summed E-state index contributed by atoms with van der Waals surface area (Å²) in [5.74, 6) is 2.14. The second-order valence-electron chi connectivity index (χ2n) is 6.49. The second-order valence-corrected chi connectivity index (χ2v) is 6.49. The molecule has 118 valence electrons. The Hall–Kier alpha value is -1.09. The number of hydrogen-bond donors (Lipinski definition) is 1. The summed E-state index contributed by atoms with van der Waals surface area (Å²) in [6.07, 6.45) is 6.71. The van der Waals surface area contributed by atoms with Gasteiger partial charge in [-0.05, 0) is 57.7 Å². The van der Waals surface area contributed by atoms with Crippen molar-refractivity contribution in [3.63, 3.8) is 0 Å². The normalized spacial score (nSPS) is 19.6. The van der Waals surface area contributed by atoms with Gasteiger partial charge in [0.1, 0.15) is 5.82 Å². The third kappa shape index (κ3) is 4.19. The Morgan fingerprint density at radius 1 is 1.29 bits per heavy atom. The fourth-order valence-electron chi connectivity index (χ4n) is 3.57. The molecule has 2 rings (SSSR count). The van der Waals surface area contributed by atoms with E-state index in [1.165, 1.54) is 49.0 Å². The summed E-state index contributed by atoms with van der Waals surface area (Å²) < 4.78 is 0. The molecular weight excluding hydrogens is 258 g/mol. The molecule has 0 aliphatic carbocycles. The largest absolute Gasteiger partial charge is 0.356 e. The van der Waals surface area contributed by atoms with Gasteiger partial charge >= 0.3 is 0 Å². The Balaban J connectivity index is 2.20. The van der Waals surface area contributed by atoms with Crippen LogP contribution < -0.4 is 10.2 Å². The summed E-state index contributed by atoms with van der Waals surface area (Å²) in [6, 6.07) is 2.20. The lowest BCUT2D eigenvalue weighted by Gasteiger charge is -2.26. The average molecular weight is 289 g/mol. The number of pyridine rings is 1. The molecule has 1 aliphatic heterocycles. The fourth-order valence-corrected chi connectivity index (χ4v) is 3.57. The first kappa shape index (κ1) is 16.3. The number of nitrogens with one attached hydrogen (secondary N) is 1. The number of anilines is 1. The Labute approximate surface area is 130 Å². The maximum absolute atomic E-state index is 4.87. The summed E-state index contributed by atoms with van der Waals surface area (Å²) in [5.41, 5.74) is 3.87. The van der Waals surface area contributed by atoms with Gasteiger partial charge in [0, 0.05) is 30.9 Å². The van der Waals surface area contributed by atoms with E-state index in [1.54, 1.807) is 0 Å². The molecule has 0 spiro atoms. The van der Waals surface area contributed by atoms with Gasteiger partial charge in [0.25, 0.3) is 0 Å². The number of aromatic nitrogens is 1. The number of nitrogens with zero attached hydrogens (tertiary/aromatic N) is 2. The monoisotopic (exact) mass is 289 g/mol. The molecule has 0 amide bonds. The van der Waals surface area contributed by atoms with E-state index >= 15 is 0 Å². The van der Waals surface area contributed by atoms with Crippen molar-refractivity contribution in [2.45, 2.75) is 59.4 Å². The number of hydrogen-bond acceptors (Lipinski definition) is 3. The molecule has 21 heavy (non-hydrogen) atoms. The van der Waals surface area contributed by atoms with Gasteiger partial charge in [-0.3, -0.25) is 0 Å². The summed E-state index contributed by atoms with van der Waals surface area (Å²) in [7, 11) is 2.02. The Bertz CT molecular complexity index is 456. The molecule has 1 aromatic heterocycles. The van der Waals surface area contributed by atoms with E-state index in [2.05, 4.69) is 37.1 Å². The van der Waals surface area contributed by atoms with Crippen LogP contribution in [0.25, 0.3) is 0 Å². The fraction of sp³-hybridized carbons (Fsp3) is 0.722. The molecule has 1 N–H and O–H groups in total. The van der Waals surface area contributed by atoms with Crippen LogP contribution in [0.1, 0.15) is 55.8 Å². The molecule has 1 aromatic rings. The molecule has 0 bridgehead atoms. The average Bonchev–Trinajstić information content (AvgIpc) is 2.68. The highest BCUT2D eigenvalue weighted by Crippen LogP contribution is 2.28. The van der Waals surface area contributed by atoms with Crippen LogP contribution in [0.15, 0.2) is 6.07 Å². The quantitative estimate of drug-likeness (QED) is 0.893. The van der Waals surface area contributed by atoms with Crippen LogP contribution in [0.4, 0.5) is 5.82 Å². The number of rotatable bonds is 5. The first-order valence-corrected chi connectivity index (χ1v) is 8.52. The van der Waals surface area contributed by atoms with Gasteiger partial charge in [0.15, 0.2) is 0 Å². The van der Waals surface area contributed by atoms with Gasteiger partial charge in [0.2, 0.25) is 0 Å². The molecule has 3 heteroatoms. The molecular formula is C18H31N3. The smallest absolute Gasteiger partial charge is 0.133 e. The molecule has 1 unspecified atom stereocenters. The highest BCUT2D eigenvalue weighted by molar-refractivity contribution is 5.51. The molecule has 1 fully saturated rings. The van der Waals surface area contributed by atoms with Crippen LogP contribution in [-0.4, -0.2) is 25.1 Å². The van der Waals surface area contributed by atoms with Crippen LogP contribution in [0.3, 0.4) is 0 Å². The minimum absolute atomic E-state index is 0.906. The molecule has 1 atom stereocenters. The van der Waals surface area contributed by atoms with Gasteiger partial charge in [-0.15, -0.1) is 0 Å². The van der Waals surface area contributed by atoms with E-state index < -0.39 is 0 Å². The van der Waals surface area contributed by atoms with Crippen molar-refractivity contribution in [3.05, 3.63) is 22.9 Å². The predicted octanol–water partition coefficient (Wildman–Crippen LogP) is 3.82. The summed E-state index contributed by atoms with van der Waals surface area (Å²) in [5, 5.41) is 3.30. The molecule has 0 aromatic carbocycles. The highest BCUT2D eigenvalue weighted by Gasteiger charge is 2.20. The van der Waals surface area contributed by atoms with E-state index in [9.17, 15) is 0 Å². The van der Waals surface area contributed by atoms with Crippen LogP contribution in [0, 0.1) is 19.8 Å². The molecule has 3 nitrogen and oxygen atoms in total. The summed E-state index contributed by atoms with van der Waals surface area (Å²) in [4.78, 5) is 7.40. The van der Waals surface area contributed by atoms with Crippen molar-refractivity contribution in [2.75, 3.05) is 25.0 Å². The van der Waals surface area contributed by atoms with Gasteiger partial charge < -0.3 is 10.2 Å². The standard InChI is InChI=1S/C18H31N3/c1-5-7-16-8-6-10-21(11-9-16)18-17(13-19-4)14(2)12-15(3)20-18/h12,16,19H,5-11,13H2,1-4H3. The van der Waals surface area contributed by atoms with Gasteiger partial charge in [-0.25, -0.2) is 4.98 Å². The van der Waals surface area contributed by atoms with Crippen molar-refractivity contribution in [2.24, 2.45) is 5.92 Å². The van der Waals surface area contributed by atoms with Crippen molar-refractivity contribution >= 4 is 5.82 Å². The minimum Gasteiger partial charge on any atom is -0.356 e. The lowest BCUT2D eigenvalue weighted by atomic mass is 9.96. The topological polar surface area (TPSA) is 28.2 Å². The molecule has 0 radical (unpaired) electrons. The van der Waals surface area contributed by atoms with Crippen molar-refractivity contribution in [3.8, 4) is 0 Å². The zero-order chi connectivity index (χ0) is 15.2. The minimum atomic E-state index is 0.906. The van der Waals surface area contributed by atoms with Crippen LogP contribution in [0.2, 0.25) is 0 Å². The van der Waals surface area contributed by atoms with E-state index in [0.717, 1.165) is 31.2 Å². The van der Waals surface area contributed by atoms with E-state index in [4.69, 9.17) is 4.98 Å². The van der Waals surface area contributed by atoms with Crippen molar-refractivity contribution < 1.29 is 0 Å². The predicted molar refractivity (Wildman–Crippen MR) is 90.9 cm³/mol. The van der Waals surface area contributed by atoms with E-state index in [-0.39, 0.29) is 0 Å². The SMILES string of the molecule is CCCC1CCCN(c2nc(C)cc(C)c2CNC)CC1. The van der Waals surface area contributed by atoms with Crippen molar-refractivity contribution in [1.82, 2.24) is 10.3 Å². The van der Waals surface area contributed by atoms with Gasteiger partial charge in [-0.2, -0.15) is 0 Å². The maximum atomic E-state index is 4.87. The Morgan fingerprint density at radius 3 is 2.81 bits per heavy atom. The lowest BCUT2D eigenvalue weighted by molar-refractivity contribution is 0.435. The van der Waals surface area contributed by atoms with Crippen LogP contribution in [0.5, 0.6) is 0 Å². The lowest BCUT2D eigenvalue weighted by Crippen LogP contribution is -2.28. The third-order valence-electron chi connectivity index (χ3n) is 4.65. The zero-order valence-electron chi connectivity index (χ0n) is 14.2. The van der Waals surface area contributed by atoms with Crippen LogP contribution in [-0.2, 0) is 6.54 Å². The Kier molecular flexibility index (Phi) is 6.04. The Morgan fingerprint density at radius 2 is 2.10 bits per heavy atom. The molecule has 1 saturated heterocycles. The first-order valence-electron chi connectivity index (χ1n) is 8.52. The maximum Gasteiger partial charge on any atom is 0.133 e. The highest BCUT2D eigenvalue weighted by atomic mass is 15.2. The van der Waals surface area contributed by atoms with Gasteiger partial charge in [0.05, 0.1) is 0 Å². The number of aryl methyl sites for hydroxylation is 2. The van der Waals surface area contributed by atoms with E-state index in [1.807, 2.05) is 7.05 Å². The van der Waals surface area contributed by atoms with Crippen molar-refractivity contribution in [1.29, 1.82) is 0 Å². The summed E-state index contributed by atoms with van der Waals surface area (Å²) >= 11 is 0. The van der Waals surface area contributed by atoms with Crippen LogP contribution >= 0.6 is 0 Å². The van der Waals surface area contributed by atoms with E-state index in [0.29, 0.717) is 0 Å².